The molecule has 0 atom stereocenters. The van der Waals surface area contributed by atoms with Gasteiger partial charge in [0.15, 0.2) is 0 Å². The van der Waals surface area contributed by atoms with Gasteiger partial charge in [0.25, 0.3) is 0 Å². The molecule has 2 aromatic heterocycles. The van der Waals surface area contributed by atoms with E-state index in [-0.39, 0.29) is 0 Å². The minimum Gasteiger partial charge on any atom is -0.368 e. The van der Waals surface area contributed by atoms with Gasteiger partial charge in [-0.3, -0.25) is 9.78 Å². The minimum absolute atomic E-state index is 0.423. The first kappa shape index (κ1) is 16.6. The lowest BCUT2D eigenvalue weighted by atomic mass is 9.89. The molecule has 6 nitrogen and oxygen atoms in total. The summed E-state index contributed by atoms with van der Waals surface area (Å²) >= 11 is 6.22. The van der Waals surface area contributed by atoms with Crippen LogP contribution in [0.5, 0.6) is 0 Å². The quantitative estimate of drug-likeness (QED) is 0.779. The summed E-state index contributed by atoms with van der Waals surface area (Å²) in [5, 5.41) is 6.36. The number of carbonyl (C=O) groups excluding carboxylic acids is 1. The van der Waals surface area contributed by atoms with Crippen LogP contribution in [0.1, 0.15) is 32.1 Å². The van der Waals surface area contributed by atoms with Crippen LogP contribution in [0.25, 0.3) is 11.3 Å². The fourth-order valence-corrected chi connectivity index (χ4v) is 3.20. The zero-order valence-corrected chi connectivity index (χ0v) is 14.1. The summed E-state index contributed by atoms with van der Waals surface area (Å²) in [6.07, 6.45) is 12.0. The molecule has 0 radical (unpaired) electrons. The van der Waals surface area contributed by atoms with Crippen LogP contribution in [0.15, 0.2) is 24.7 Å². The molecule has 1 fully saturated rings. The number of anilines is 2. The van der Waals surface area contributed by atoms with E-state index >= 15 is 0 Å². The Balaban J connectivity index is 1.74. The highest BCUT2D eigenvalue weighted by Gasteiger charge is 2.14. The molecule has 126 valence electrons. The van der Waals surface area contributed by atoms with E-state index in [4.69, 9.17) is 11.6 Å². The predicted octanol–water partition coefficient (Wildman–Crippen LogP) is 3.75. The summed E-state index contributed by atoms with van der Waals surface area (Å²) in [7, 11) is 0. The Bertz CT molecular complexity index is 703. The first-order valence-electron chi connectivity index (χ1n) is 8.18. The average molecular weight is 346 g/mol. The summed E-state index contributed by atoms with van der Waals surface area (Å²) in [6, 6.07) is 1.69. The van der Waals surface area contributed by atoms with Gasteiger partial charge < -0.3 is 10.6 Å². The maximum absolute atomic E-state index is 10.6. The van der Waals surface area contributed by atoms with Crippen molar-refractivity contribution in [3.05, 3.63) is 29.7 Å². The van der Waals surface area contributed by atoms with Crippen LogP contribution >= 0.6 is 11.6 Å². The van der Waals surface area contributed by atoms with Gasteiger partial charge in [0.2, 0.25) is 6.41 Å². The molecule has 0 saturated heterocycles. The molecule has 3 rings (SSSR count). The van der Waals surface area contributed by atoms with Crippen LogP contribution in [0, 0.1) is 5.92 Å². The number of aromatic nitrogens is 3. The highest BCUT2D eigenvalue weighted by Crippen LogP contribution is 2.28. The number of halogens is 1. The first-order valence-corrected chi connectivity index (χ1v) is 8.56. The normalized spacial score (nSPS) is 15.0. The van der Waals surface area contributed by atoms with Crippen LogP contribution < -0.4 is 10.6 Å². The molecule has 0 spiro atoms. The maximum Gasteiger partial charge on any atom is 0.212 e. The van der Waals surface area contributed by atoms with Gasteiger partial charge in [-0.25, -0.2) is 9.97 Å². The van der Waals surface area contributed by atoms with E-state index in [1.54, 1.807) is 18.5 Å². The van der Waals surface area contributed by atoms with Crippen LogP contribution in [0.3, 0.4) is 0 Å². The van der Waals surface area contributed by atoms with Crippen LogP contribution in [-0.4, -0.2) is 27.9 Å². The van der Waals surface area contributed by atoms with Crippen molar-refractivity contribution in [3.63, 3.8) is 0 Å². The lowest BCUT2D eigenvalue weighted by Gasteiger charge is -2.22. The third-order valence-electron chi connectivity index (χ3n) is 4.27. The van der Waals surface area contributed by atoms with Gasteiger partial charge in [-0.05, 0) is 24.8 Å². The van der Waals surface area contributed by atoms with Gasteiger partial charge >= 0.3 is 0 Å². The van der Waals surface area contributed by atoms with Gasteiger partial charge in [-0.2, -0.15) is 0 Å². The highest BCUT2D eigenvalue weighted by atomic mass is 35.5. The number of carbonyl (C=O) groups is 1. The molecule has 2 aromatic rings. The Hall–Kier alpha value is -2.21. The molecule has 1 aliphatic carbocycles. The zero-order chi connectivity index (χ0) is 16.8. The van der Waals surface area contributed by atoms with E-state index in [9.17, 15) is 4.79 Å². The van der Waals surface area contributed by atoms with E-state index < -0.39 is 0 Å². The van der Waals surface area contributed by atoms with E-state index in [0.29, 0.717) is 34.4 Å². The number of hydrogen-bond donors (Lipinski definition) is 2. The SMILES string of the molecule is O=CNc1cc(-c2cncc(NCC3CCCCC3)n2)c(Cl)cn1. The van der Waals surface area contributed by atoms with Gasteiger partial charge in [-0.15, -0.1) is 0 Å². The molecule has 1 saturated carbocycles. The van der Waals surface area contributed by atoms with Gasteiger partial charge in [0, 0.05) is 18.3 Å². The molecule has 1 aliphatic rings. The van der Waals surface area contributed by atoms with Crippen molar-refractivity contribution in [1.29, 1.82) is 0 Å². The Labute approximate surface area is 146 Å². The number of hydrogen-bond acceptors (Lipinski definition) is 5. The molecular weight excluding hydrogens is 326 g/mol. The fraction of sp³-hybridized carbons (Fsp3) is 0.412. The van der Waals surface area contributed by atoms with Crippen molar-refractivity contribution in [2.45, 2.75) is 32.1 Å². The van der Waals surface area contributed by atoms with Gasteiger partial charge in [0.1, 0.15) is 11.6 Å². The molecule has 0 unspecified atom stereocenters. The predicted molar refractivity (Wildman–Crippen MR) is 95.0 cm³/mol. The highest BCUT2D eigenvalue weighted by molar-refractivity contribution is 6.33. The average Bonchev–Trinajstić information content (AvgIpc) is 2.63. The third kappa shape index (κ3) is 4.20. The Morgan fingerprint density at radius 2 is 2.00 bits per heavy atom. The van der Waals surface area contributed by atoms with Crippen molar-refractivity contribution in [1.82, 2.24) is 15.0 Å². The number of rotatable bonds is 6. The van der Waals surface area contributed by atoms with E-state index in [1.165, 1.54) is 38.3 Å². The van der Waals surface area contributed by atoms with Crippen LogP contribution in [0.4, 0.5) is 11.6 Å². The maximum atomic E-state index is 10.6. The van der Waals surface area contributed by atoms with Crippen molar-refractivity contribution in [3.8, 4) is 11.3 Å². The number of pyridine rings is 1. The standard InChI is InChI=1S/C17H20ClN5O/c18-14-8-21-16(22-11-24)6-13(14)15-9-19-10-17(23-15)20-7-12-4-2-1-3-5-12/h6,8-12H,1-5,7H2,(H,20,23)(H,21,22,24). The topological polar surface area (TPSA) is 79.8 Å². The van der Waals surface area contributed by atoms with Crippen molar-refractivity contribution in [2.75, 3.05) is 17.2 Å². The smallest absolute Gasteiger partial charge is 0.212 e. The molecule has 1 amide bonds. The van der Waals surface area contributed by atoms with E-state index in [2.05, 4.69) is 25.6 Å². The Kier molecular flexibility index (Phi) is 5.59. The van der Waals surface area contributed by atoms with Gasteiger partial charge in [0.05, 0.1) is 23.1 Å². The second-order valence-corrected chi connectivity index (χ2v) is 6.39. The summed E-state index contributed by atoms with van der Waals surface area (Å²) in [5.74, 6) is 1.86. The number of nitrogens with zero attached hydrogens (tertiary/aromatic N) is 3. The van der Waals surface area contributed by atoms with Gasteiger partial charge in [-0.1, -0.05) is 30.9 Å². The Morgan fingerprint density at radius 1 is 1.17 bits per heavy atom. The molecule has 2 N–H and O–H groups in total. The summed E-state index contributed by atoms with van der Waals surface area (Å²) < 4.78 is 0. The first-order chi connectivity index (χ1) is 11.8. The molecule has 24 heavy (non-hydrogen) atoms. The van der Waals surface area contributed by atoms with Crippen LogP contribution in [-0.2, 0) is 4.79 Å². The molecular formula is C17H20ClN5O. The molecule has 0 aromatic carbocycles. The molecule has 2 heterocycles. The van der Waals surface area contributed by atoms with Crippen LogP contribution in [0.2, 0.25) is 5.02 Å². The second kappa shape index (κ2) is 8.06. The van der Waals surface area contributed by atoms with Crippen molar-refractivity contribution < 1.29 is 4.79 Å². The Morgan fingerprint density at radius 3 is 2.79 bits per heavy atom. The molecule has 7 heteroatoms. The largest absolute Gasteiger partial charge is 0.368 e. The lowest BCUT2D eigenvalue weighted by molar-refractivity contribution is -0.105. The summed E-state index contributed by atoms with van der Waals surface area (Å²) in [5.41, 5.74) is 1.33. The monoisotopic (exact) mass is 345 g/mol. The molecule has 0 bridgehead atoms. The number of amides is 1. The third-order valence-corrected chi connectivity index (χ3v) is 4.57. The summed E-state index contributed by atoms with van der Waals surface area (Å²) in [4.78, 5) is 23.4. The zero-order valence-electron chi connectivity index (χ0n) is 13.3. The van der Waals surface area contributed by atoms with Crippen molar-refractivity contribution in [2.24, 2.45) is 5.92 Å². The van der Waals surface area contributed by atoms with E-state index in [0.717, 1.165) is 12.4 Å². The minimum atomic E-state index is 0.423. The molecule has 0 aliphatic heterocycles. The lowest BCUT2D eigenvalue weighted by Crippen LogP contribution is -2.17. The fourth-order valence-electron chi connectivity index (χ4n) is 3.00. The summed E-state index contributed by atoms with van der Waals surface area (Å²) in [6.45, 7) is 0.917. The van der Waals surface area contributed by atoms with E-state index in [1.807, 2.05) is 0 Å². The second-order valence-electron chi connectivity index (χ2n) is 5.99. The number of nitrogens with one attached hydrogen (secondary N) is 2. The van der Waals surface area contributed by atoms with Crippen molar-refractivity contribution >= 4 is 29.6 Å².